The van der Waals surface area contributed by atoms with Gasteiger partial charge in [0, 0.05) is 20.8 Å². The lowest BCUT2D eigenvalue weighted by atomic mass is 10.4. The Morgan fingerprint density at radius 1 is 1.24 bits per heavy atom. The van der Waals surface area contributed by atoms with E-state index in [4.69, 9.17) is 25.8 Å². The van der Waals surface area contributed by atoms with Crippen molar-refractivity contribution in [2.75, 3.05) is 39.8 Å². The van der Waals surface area contributed by atoms with Gasteiger partial charge in [0.2, 0.25) is 11.2 Å². The number of methoxy groups -OCH3 is 3. The fraction of sp³-hybridized carbons (Fsp3) is 0.667. The van der Waals surface area contributed by atoms with Crippen LogP contribution in [-0.2, 0) is 9.47 Å². The summed E-state index contributed by atoms with van der Waals surface area (Å²) in [6, 6.07) is 0.160. The van der Waals surface area contributed by atoms with Gasteiger partial charge in [-0.15, -0.1) is 0 Å². The standard InChI is InChI=1S/C9H15ClN4O3/c1-15-5-6(16-2)4-11-8-12-7(10)13-9(14-8)17-3/h6H,4-5H2,1-3H3,(H,11,12,13,14). The number of rotatable bonds is 7. The van der Waals surface area contributed by atoms with E-state index in [1.807, 2.05) is 0 Å². The van der Waals surface area contributed by atoms with Crippen LogP contribution >= 0.6 is 11.6 Å². The molecule has 17 heavy (non-hydrogen) atoms. The number of aromatic nitrogens is 3. The first-order chi connectivity index (χ1) is 8.19. The van der Waals surface area contributed by atoms with E-state index >= 15 is 0 Å². The molecule has 0 aliphatic carbocycles. The van der Waals surface area contributed by atoms with Gasteiger partial charge in [-0.3, -0.25) is 0 Å². The average Bonchev–Trinajstić information content (AvgIpc) is 2.33. The van der Waals surface area contributed by atoms with Gasteiger partial charge >= 0.3 is 6.01 Å². The van der Waals surface area contributed by atoms with Gasteiger partial charge in [0.25, 0.3) is 0 Å². The monoisotopic (exact) mass is 262 g/mol. The van der Waals surface area contributed by atoms with Crippen molar-refractivity contribution in [2.45, 2.75) is 6.10 Å². The van der Waals surface area contributed by atoms with E-state index < -0.39 is 0 Å². The van der Waals surface area contributed by atoms with Gasteiger partial charge in [0.05, 0.1) is 19.8 Å². The van der Waals surface area contributed by atoms with Crippen molar-refractivity contribution in [1.82, 2.24) is 15.0 Å². The molecule has 0 fully saturated rings. The van der Waals surface area contributed by atoms with Gasteiger partial charge in [-0.2, -0.15) is 15.0 Å². The van der Waals surface area contributed by atoms with Crippen LogP contribution in [0.3, 0.4) is 0 Å². The van der Waals surface area contributed by atoms with Crippen LogP contribution in [-0.4, -0.2) is 55.5 Å². The topological polar surface area (TPSA) is 78.4 Å². The quantitative estimate of drug-likeness (QED) is 0.771. The molecular weight excluding hydrogens is 248 g/mol. The summed E-state index contributed by atoms with van der Waals surface area (Å²) in [5.74, 6) is 0.333. The van der Waals surface area contributed by atoms with Crippen LogP contribution in [0.5, 0.6) is 6.01 Å². The van der Waals surface area contributed by atoms with E-state index in [0.29, 0.717) is 19.1 Å². The third-order valence-electron chi connectivity index (χ3n) is 1.94. The van der Waals surface area contributed by atoms with Crippen molar-refractivity contribution in [3.8, 4) is 6.01 Å². The Balaban J connectivity index is 2.58. The lowest BCUT2D eigenvalue weighted by Gasteiger charge is -2.14. The third-order valence-corrected chi connectivity index (χ3v) is 2.11. The van der Waals surface area contributed by atoms with E-state index in [2.05, 4.69) is 20.3 Å². The molecule has 1 aromatic heterocycles. The summed E-state index contributed by atoms with van der Waals surface area (Å²) in [4.78, 5) is 11.6. The average molecular weight is 263 g/mol. The summed E-state index contributed by atoms with van der Waals surface area (Å²) < 4.78 is 15.0. The van der Waals surface area contributed by atoms with Crippen molar-refractivity contribution in [2.24, 2.45) is 0 Å². The highest BCUT2D eigenvalue weighted by Crippen LogP contribution is 2.10. The van der Waals surface area contributed by atoms with Crippen LogP contribution in [0.2, 0.25) is 5.28 Å². The maximum Gasteiger partial charge on any atom is 0.322 e. The first-order valence-electron chi connectivity index (χ1n) is 4.90. The molecule has 0 aliphatic rings. The molecule has 0 aliphatic heterocycles. The fourth-order valence-corrected chi connectivity index (χ4v) is 1.26. The highest BCUT2D eigenvalue weighted by molar-refractivity contribution is 6.28. The number of hydrogen-bond donors (Lipinski definition) is 1. The zero-order chi connectivity index (χ0) is 12.7. The molecule has 0 saturated heterocycles. The van der Waals surface area contributed by atoms with E-state index in [0.717, 1.165) is 0 Å². The predicted octanol–water partition coefficient (Wildman–Crippen LogP) is 0.607. The molecule has 7 nitrogen and oxygen atoms in total. The minimum Gasteiger partial charge on any atom is -0.467 e. The molecule has 1 aromatic rings. The molecule has 1 unspecified atom stereocenters. The van der Waals surface area contributed by atoms with Crippen LogP contribution < -0.4 is 10.1 Å². The van der Waals surface area contributed by atoms with Gasteiger partial charge < -0.3 is 19.5 Å². The van der Waals surface area contributed by atoms with Gasteiger partial charge in [-0.25, -0.2) is 0 Å². The highest BCUT2D eigenvalue weighted by Gasteiger charge is 2.09. The summed E-state index contributed by atoms with van der Waals surface area (Å²) in [7, 11) is 4.67. The normalized spacial score (nSPS) is 12.2. The Morgan fingerprint density at radius 2 is 2.00 bits per heavy atom. The van der Waals surface area contributed by atoms with Crippen molar-refractivity contribution in [3.05, 3.63) is 5.28 Å². The second-order valence-corrected chi connectivity index (χ2v) is 3.45. The third kappa shape index (κ3) is 4.68. The number of hydrogen-bond acceptors (Lipinski definition) is 7. The lowest BCUT2D eigenvalue weighted by Crippen LogP contribution is -2.27. The van der Waals surface area contributed by atoms with E-state index in [-0.39, 0.29) is 17.4 Å². The van der Waals surface area contributed by atoms with Crippen LogP contribution in [0.25, 0.3) is 0 Å². The molecule has 0 saturated carbocycles. The van der Waals surface area contributed by atoms with Crippen molar-refractivity contribution < 1.29 is 14.2 Å². The first-order valence-corrected chi connectivity index (χ1v) is 5.28. The van der Waals surface area contributed by atoms with Gasteiger partial charge in [-0.1, -0.05) is 0 Å². The molecule has 0 radical (unpaired) electrons. The maximum atomic E-state index is 5.70. The number of halogens is 1. The number of anilines is 1. The Morgan fingerprint density at radius 3 is 2.59 bits per heavy atom. The predicted molar refractivity (Wildman–Crippen MR) is 62.6 cm³/mol. The molecule has 0 aromatic carbocycles. The highest BCUT2D eigenvalue weighted by atomic mass is 35.5. The first kappa shape index (κ1) is 13.9. The van der Waals surface area contributed by atoms with Gasteiger partial charge in [0.15, 0.2) is 0 Å². The van der Waals surface area contributed by atoms with Crippen LogP contribution in [0, 0.1) is 0 Å². The molecular formula is C9H15ClN4O3. The summed E-state index contributed by atoms with van der Waals surface area (Å²) in [6.45, 7) is 0.966. The molecule has 0 bridgehead atoms. The zero-order valence-corrected chi connectivity index (χ0v) is 10.7. The molecule has 0 spiro atoms. The largest absolute Gasteiger partial charge is 0.467 e. The summed E-state index contributed by atoms with van der Waals surface area (Å²) in [5.41, 5.74) is 0. The summed E-state index contributed by atoms with van der Waals surface area (Å²) in [5, 5.41) is 3.03. The van der Waals surface area contributed by atoms with Crippen LogP contribution in [0.15, 0.2) is 0 Å². The number of ether oxygens (including phenoxy) is 3. The lowest BCUT2D eigenvalue weighted by molar-refractivity contribution is 0.0364. The van der Waals surface area contributed by atoms with Crippen molar-refractivity contribution in [3.63, 3.8) is 0 Å². The summed E-state index contributed by atoms with van der Waals surface area (Å²) in [6.07, 6.45) is -0.0958. The van der Waals surface area contributed by atoms with E-state index in [1.54, 1.807) is 14.2 Å². The molecule has 1 atom stereocenters. The Kier molecular flexibility index (Phi) is 5.88. The number of nitrogens with one attached hydrogen (secondary N) is 1. The van der Waals surface area contributed by atoms with Crippen molar-refractivity contribution >= 4 is 17.5 Å². The molecule has 1 N–H and O–H groups in total. The molecule has 1 rings (SSSR count). The number of nitrogens with zero attached hydrogens (tertiary/aromatic N) is 3. The second-order valence-electron chi connectivity index (χ2n) is 3.11. The van der Waals surface area contributed by atoms with Gasteiger partial charge in [0.1, 0.15) is 0 Å². The Labute approximate surface area is 104 Å². The van der Waals surface area contributed by atoms with Crippen molar-refractivity contribution in [1.29, 1.82) is 0 Å². The summed E-state index contributed by atoms with van der Waals surface area (Å²) >= 11 is 5.70. The van der Waals surface area contributed by atoms with Crippen LogP contribution in [0.1, 0.15) is 0 Å². The van der Waals surface area contributed by atoms with Crippen LogP contribution in [0.4, 0.5) is 5.95 Å². The fourth-order valence-electron chi connectivity index (χ4n) is 1.10. The second kappa shape index (κ2) is 7.21. The zero-order valence-electron chi connectivity index (χ0n) is 9.94. The van der Waals surface area contributed by atoms with Gasteiger partial charge in [-0.05, 0) is 11.6 Å². The molecule has 1 heterocycles. The minimum atomic E-state index is -0.0958. The molecule has 0 amide bonds. The van der Waals surface area contributed by atoms with E-state index in [9.17, 15) is 0 Å². The smallest absolute Gasteiger partial charge is 0.322 e. The Hall–Kier alpha value is -1.18. The molecule has 8 heteroatoms. The minimum absolute atomic E-state index is 0.0695. The Bertz CT molecular complexity index is 353. The maximum absolute atomic E-state index is 5.70. The SMILES string of the molecule is COCC(CNc1nc(Cl)nc(OC)n1)OC. The molecule has 96 valence electrons. The van der Waals surface area contributed by atoms with E-state index in [1.165, 1.54) is 7.11 Å².